The molecule has 0 atom stereocenters. The lowest BCUT2D eigenvalue weighted by molar-refractivity contribution is 1.28. The molecule has 0 aromatic heterocycles. The van der Waals surface area contributed by atoms with Crippen molar-refractivity contribution in [1.82, 2.24) is 0 Å². The highest BCUT2D eigenvalue weighted by Crippen LogP contribution is 2.43. The standard InChI is InChI=1S/C62H43N/c1-4-13-44(14-5-1)46-23-27-48(28-24-46)50-31-37-56(38-32-50)63(57-39-33-51(34-40-57)49-29-25-47(26-30-49)45-15-6-2-7-16-45)58-41-35-53(36-42-58)61-60-21-11-10-19-54(60)43-55-20-12-22-59(62(55)61)52-17-8-3-9-18-52/h1-43H. The number of nitrogens with zero attached hydrogens (tertiary/aromatic N) is 1. The molecule has 11 aromatic rings. The second-order valence-corrected chi connectivity index (χ2v) is 16.1. The van der Waals surface area contributed by atoms with Crippen molar-refractivity contribution in [2.45, 2.75) is 0 Å². The van der Waals surface area contributed by atoms with Crippen molar-refractivity contribution in [2.24, 2.45) is 0 Å². The zero-order valence-corrected chi connectivity index (χ0v) is 34.8. The van der Waals surface area contributed by atoms with Crippen molar-refractivity contribution in [1.29, 1.82) is 0 Å². The quantitative estimate of drug-likeness (QED) is 0.131. The molecule has 0 radical (unpaired) electrons. The van der Waals surface area contributed by atoms with Gasteiger partial charge in [0.1, 0.15) is 0 Å². The van der Waals surface area contributed by atoms with Gasteiger partial charge in [0.05, 0.1) is 0 Å². The summed E-state index contributed by atoms with van der Waals surface area (Å²) in [4.78, 5) is 2.37. The molecule has 11 rings (SSSR count). The zero-order valence-electron chi connectivity index (χ0n) is 34.8. The Morgan fingerprint density at radius 1 is 0.222 bits per heavy atom. The minimum absolute atomic E-state index is 1.09. The molecule has 0 saturated carbocycles. The molecule has 0 aliphatic rings. The molecule has 0 N–H and O–H groups in total. The number of rotatable bonds is 9. The molecule has 0 aliphatic carbocycles. The van der Waals surface area contributed by atoms with Crippen LogP contribution in [0.25, 0.3) is 88.3 Å². The molecular formula is C62H43N. The SMILES string of the molecule is c1ccc(-c2ccc(-c3ccc(N(c4ccc(-c5ccc(-c6ccccc6)cc5)cc4)c4ccc(-c5c6ccccc6cc6cccc(-c7ccccc7)c56)cc4)cc3)cc2)cc1. The van der Waals surface area contributed by atoms with Gasteiger partial charge in [0.25, 0.3) is 0 Å². The van der Waals surface area contributed by atoms with E-state index in [2.05, 4.69) is 266 Å². The van der Waals surface area contributed by atoms with Crippen LogP contribution in [0.1, 0.15) is 0 Å². The summed E-state index contributed by atoms with van der Waals surface area (Å²) >= 11 is 0. The first-order valence-corrected chi connectivity index (χ1v) is 21.7. The second kappa shape index (κ2) is 16.7. The van der Waals surface area contributed by atoms with Crippen LogP contribution >= 0.6 is 0 Å². The number of anilines is 3. The van der Waals surface area contributed by atoms with E-state index in [4.69, 9.17) is 0 Å². The molecule has 0 fully saturated rings. The number of benzene rings is 11. The first kappa shape index (κ1) is 37.7. The van der Waals surface area contributed by atoms with Crippen LogP contribution < -0.4 is 4.90 Å². The molecule has 63 heavy (non-hydrogen) atoms. The van der Waals surface area contributed by atoms with Gasteiger partial charge in [-0.25, -0.2) is 0 Å². The maximum atomic E-state index is 2.37. The van der Waals surface area contributed by atoms with E-state index in [0.29, 0.717) is 0 Å². The maximum absolute atomic E-state index is 2.37. The van der Waals surface area contributed by atoms with E-state index in [-0.39, 0.29) is 0 Å². The van der Waals surface area contributed by atoms with Crippen LogP contribution in [0.4, 0.5) is 17.1 Å². The Morgan fingerprint density at radius 2 is 0.556 bits per heavy atom. The summed E-state index contributed by atoms with van der Waals surface area (Å²) in [6.45, 7) is 0. The summed E-state index contributed by atoms with van der Waals surface area (Å²) in [7, 11) is 0. The predicted octanol–water partition coefficient (Wildman–Crippen LogP) is 17.5. The van der Waals surface area contributed by atoms with Crippen molar-refractivity contribution in [2.75, 3.05) is 4.90 Å². The van der Waals surface area contributed by atoms with E-state index in [0.717, 1.165) is 17.1 Å². The first-order chi connectivity index (χ1) is 31.2. The Kier molecular flexibility index (Phi) is 9.97. The summed E-state index contributed by atoms with van der Waals surface area (Å²) in [6, 6.07) is 94.5. The predicted molar refractivity (Wildman–Crippen MR) is 269 cm³/mol. The smallest absolute Gasteiger partial charge is 0.0462 e. The molecule has 1 heteroatoms. The molecule has 0 saturated heterocycles. The minimum Gasteiger partial charge on any atom is -0.311 e. The molecule has 11 aromatic carbocycles. The Bertz CT molecular complexity index is 3170. The first-order valence-electron chi connectivity index (χ1n) is 21.7. The number of hydrogen-bond acceptors (Lipinski definition) is 1. The summed E-state index contributed by atoms with van der Waals surface area (Å²) in [6.07, 6.45) is 0. The van der Waals surface area contributed by atoms with Crippen LogP contribution in [0.15, 0.2) is 261 Å². The minimum atomic E-state index is 1.09. The fourth-order valence-corrected chi connectivity index (χ4v) is 9.08. The number of fused-ring (bicyclic) bond motifs is 2. The van der Waals surface area contributed by atoms with Gasteiger partial charge in [0.15, 0.2) is 0 Å². The van der Waals surface area contributed by atoms with Crippen LogP contribution in [-0.2, 0) is 0 Å². The highest BCUT2D eigenvalue weighted by Gasteiger charge is 2.17. The Morgan fingerprint density at radius 3 is 1.00 bits per heavy atom. The zero-order chi connectivity index (χ0) is 42.0. The third kappa shape index (κ3) is 7.47. The Hall–Kier alpha value is -8.26. The highest BCUT2D eigenvalue weighted by atomic mass is 15.1. The van der Waals surface area contributed by atoms with Crippen molar-refractivity contribution in [3.05, 3.63) is 261 Å². The van der Waals surface area contributed by atoms with Gasteiger partial charge < -0.3 is 4.90 Å². The van der Waals surface area contributed by atoms with Gasteiger partial charge >= 0.3 is 0 Å². The van der Waals surface area contributed by atoms with Gasteiger partial charge in [-0.2, -0.15) is 0 Å². The van der Waals surface area contributed by atoms with E-state index in [1.165, 1.54) is 88.3 Å². The van der Waals surface area contributed by atoms with E-state index in [1.807, 2.05) is 0 Å². The van der Waals surface area contributed by atoms with Gasteiger partial charge in [-0.15, -0.1) is 0 Å². The monoisotopic (exact) mass is 801 g/mol. The molecule has 1 nitrogen and oxygen atoms in total. The third-order valence-electron chi connectivity index (χ3n) is 12.3. The van der Waals surface area contributed by atoms with Crippen molar-refractivity contribution < 1.29 is 0 Å². The van der Waals surface area contributed by atoms with Gasteiger partial charge in [0, 0.05) is 17.1 Å². The molecule has 0 aliphatic heterocycles. The van der Waals surface area contributed by atoms with Crippen LogP contribution in [0.5, 0.6) is 0 Å². The van der Waals surface area contributed by atoms with Crippen LogP contribution in [0.2, 0.25) is 0 Å². The summed E-state index contributed by atoms with van der Waals surface area (Å²) in [5.74, 6) is 0. The molecule has 0 spiro atoms. The molecular weight excluding hydrogens is 759 g/mol. The lowest BCUT2D eigenvalue weighted by atomic mass is 9.87. The summed E-state index contributed by atoms with van der Waals surface area (Å²) < 4.78 is 0. The Balaban J connectivity index is 0.984. The van der Waals surface area contributed by atoms with Gasteiger partial charge in [-0.05, 0) is 131 Å². The van der Waals surface area contributed by atoms with Crippen molar-refractivity contribution >= 4 is 38.6 Å². The van der Waals surface area contributed by atoms with Crippen LogP contribution in [0.3, 0.4) is 0 Å². The lowest BCUT2D eigenvalue weighted by Crippen LogP contribution is -2.09. The maximum Gasteiger partial charge on any atom is 0.0462 e. The summed E-state index contributed by atoms with van der Waals surface area (Å²) in [5, 5.41) is 4.99. The average molecular weight is 802 g/mol. The number of hydrogen-bond donors (Lipinski definition) is 0. The largest absolute Gasteiger partial charge is 0.311 e. The van der Waals surface area contributed by atoms with E-state index in [9.17, 15) is 0 Å². The van der Waals surface area contributed by atoms with Crippen LogP contribution in [-0.4, -0.2) is 0 Å². The average Bonchev–Trinajstić information content (AvgIpc) is 3.37. The van der Waals surface area contributed by atoms with Gasteiger partial charge in [-0.3, -0.25) is 0 Å². The van der Waals surface area contributed by atoms with Crippen molar-refractivity contribution in [3.8, 4) is 66.8 Å². The van der Waals surface area contributed by atoms with E-state index < -0.39 is 0 Å². The Labute approximate surface area is 369 Å². The molecule has 0 bridgehead atoms. The molecule has 296 valence electrons. The van der Waals surface area contributed by atoms with Gasteiger partial charge in [-0.1, -0.05) is 218 Å². The van der Waals surface area contributed by atoms with Crippen LogP contribution in [0, 0.1) is 0 Å². The normalized spacial score (nSPS) is 11.2. The second-order valence-electron chi connectivity index (χ2n) is 16.1. The fourth-order valence-electron chi connectivity index (χ4n) is 9.08. The topological polar surface area (TPSA) is 3.24 Å². The molecule has 0 unspecified atom stereocenters. The van der Waals surface area contributed by atoms with Gasteiger partial charge in [0.2, 0.25) is 0 Å². The van der Waals surface area contributed by atoms with E-state index in [1.54, 1.807) is 0 Å². The van der Waals surface area contributed by atoms with Crippen molar-refractivity contribution in [3.63, 3.8) is 0 Å². The highest BCUT2D eigenvalue weighted by molar-refractivity contribution is 6.17. The fraction of sp³-hybridized carbons (Fsp3) is 0. The molecule has 0 heterocycles. The van der Waals surface area contributed by atoms with E-state index >= 15 is 0 Å². The lowest BCUT2D eigenvalue weighted by Gasteiger charge is -2.26. The molecule has 0 amide bonds. The summed E-state index contributed by atoms with van der Waals surface area (Å²) in [5.41, 5.74) is 17.8. The third-order valence-corrected chi connectivity index (χ3v) is 12.3.